The minimum Gasteiger partial charge on any atom is -0.495 e. The summed E-state index contributed by atoms with van der Waals surface area (Å²) in [6, 6.07) is 11.1. The molecule has 2 aromatic rings. The van der Waals surface area contributed by atoms with Crippen molar-refractivity contribution >= 4 is 27.6 Å². The van der Waals surface area contributed by atoms with Gasteiger partial charge >= 0.3 is 5.97 Å². The monoisotopic (exact) mass is 434 g/mol. The Hall–Kier alpha value is -2.91. The zero-order chi connectivity index (χ0) is 22.5. The second kappa shape index (κ2) is 9.73. The highest BCUT2D eigenvalue weighted by Gasteiger charge is 2.23. The number of sulfonamides is 1. The SMILES string of the molecule is CCC(C)c1ccccc1NC(=O)C(C)OC(=O)c1ccc(OC)c(S(N)(=O)=O)c1. The Kier molecular flexibility index (Phi) is 7.58. The molecule has 162 valence electrons. The Labute approximate surface area is 176 Å². The number of carbonyl (C=O) groups is 2. The highest BCUT2D eigenvalue weighted by Crippen LogP contribution is 2.27. The number of rotatable bonds is 8. The van der Waals surface area contributed by atoms with E-state index in [4.69, 9.17) is 14.6 Å². The fourth-order valence-corrected chi connectivity index (χ4v) is 3.53. The molecule has 0 bridgehead atoms. The molecule has 0 fully saturated rings. The number of hydrogen-bond acceptors (Lipinski definition) is 6. The quantitative estimate of drug-likeness (QED) is 0.615. The molecular formula is C21H26N2O6S. The molecule has 0 aromatic heterocycles. The first-order chi connectivity index (χ1) is 14.1. The summed E-state index contributed by atoms with van der Waals surface area (Å²) in [5.41, 5.74) is 1.57. The average molecular weight is 435 g/mol. The summed E-state index contributed by atoms with van der Waals surface area (Å²) in [7, 11) is -2.83. The topological polar surface area (TPSA) is 125 Å². The summed E-state index contributed by atoms with van der Waals surface area (Å²) in [6.45, 7) is 5.54. The smallest absolute Gasteiger partial charge is 0.338 e. The van der Waals surface area contributed by atoms with Crippen LogP contribution < -0.4 is 15.2 Å². The summed E-state index contributed by atoms with van der Waals surface area (Å²) >= 11 is 0. The van der Waals surface area contributed by atoms with Crippen LogP contribution in [-0.2, 0) is 19.6 Å². The minimum absolute atomic E-state index is 0.00138. The second-order valence-corrected chi connectivity index (χ2v) is 8.37. The van der Waals surface area contributed by atoms with Crippen molar-refractivity contribution in [3.63, 3.8) is 0 Å². The number of amides is 1. The Bertz CT molecular complexity index is 1040. The number of primary sulfonamides is 1. The molecule has 3 N–H and O–H groups in total. The van der Waals surface area contributed by atoms with Crippen LogP contribution in [0.4, 0.5) is 5.69 Å². The van der Waals surface area contributed by atoms with Crippen molar-refractivity contribution in [3.05, 3.63) is 53.6 Å². The van der Waals surface area contributed by atoms with Crippen molar-refractivity contribution in [1.29, 1.82) is 0 Å². The van der Waals surface area contributed by atoms with Gasteiger partial charge in [0, 0.05) is 5.69 Å². The average Bonchev–Trinajstić information content (AvgIpc) is 2.72. The van der Waals surface area contributed by atoms with Gasteiger partial charge in [-0.3, -0.25) is 4.79 Å². The van der Waals surface area contributed by atoms with Crippen LogP contribution in [0.15, 0.2) is 47.4 Å². The number of nitrogens with one attached hydrogen (secondary N) is 1. The highest BCUT2D eigenvalue weighted by atomic mass is 32.2. The van der Waals surface area contributed by atoms with E-state index in [-0.39, 0.29) is 22.1 Å². The highest BCUT2D eigenvalue weighted by molar-refractivity contribution is 7.89. The minimum atomic E-state index is -4.11. The van der Waals surface area contributed by atoms with Crippen LogP contribution in [0.25, 0.3) is 0 Å². The molecular weight excluding hydrogens is 408 g/mol. The molecule has 1 amide bonds. The van der Waals surface area contributed by atoms with E-state index >= 15 is 0 Å². The Balaban J connectivity index is 2.16. The molecule has 8 nitrogen and oxygen atoms in total. The molecule has 0 aliphatic heterocycles. The van der Waals surface area contributed by atoms with Gasteiger partial charge in [0.1, 0.15) is 10.6 Å². The molecule has 30 heavy (non-hydrogen) atoms. The number of nitrogens with two attached hydrogens (primary N) is 1. The molecule has 2 rings (SSSR count). The molecule has 2 unspecified atom stereocenters. The second-order valence-electron chi connectivity index (χ2n) is 6.84. The molecule has 0 spiro atoms. The van der Waals surface area contributed by atoms with Crippen LogP contribution in [0.3, 0.4) is 0 Å². The number of carbonyl (C=O) groups excluding carboxylic acids is 2. The van der Waals surface area contributed by atoms with E-state index in [9.17, 15) is 18.0 Å². The van der Waals surface area contributed by atoms with Crippen molar-refractivity contribution in [2.24, 2.45) is 5.14 Å². The third kappa shape index (κ3) is 5.58. The van der Waals surface area contributed by atoms with Gasteiger partial charge < -0.3 is 14.8 Å². The number of hydrogen-bond donors (Lipinski definition) is 2. The van der Waals surface area contributed by atoms with Crippen LogP contribution in [0.1, 0.15) is 49.0 Å². The molecule has 0 saturated heterocycles. The summed E-state index contributed by atoms with van der Waals surface area (Å²) < 4.78 is 33.6. The van der Waals surface area contributed by atoms with Gasteiger partial charge in [-0.25, -0.2) is 18.4 Å². The van der Waals surface area contributed by atoms with E-state index in [1.807, 2.05) is 18.2 Å². The van der Waals surface area contributed by atoms with E-state index < -0.39 is 28.0 Å². The van der Waals surface area contributed by atoms with Gasteiger partial charge in [0.05, 0.1) is 12.7 Å². The lowest BCUT2D eigenvalue weighted by Crippen LogP contribution is -2.30. The van der Waals surface area contributed by atoms with Crippen LogP contribution >= 0.6 is 0 Å². The lowest BCUT2D eigenvalue weighted by molar-refractivity contribution is -0.123. The van der Waals surface area contributed by atoms with Gasteiger partial charge in [-0.1, -0.05) is 32.0 Å². The Morgan fingerprint density at radius 3 is 2.40 bits per heavy atom. The molecule has 0 aliphatic rings. The van der Waals surface area contributed by atoms with E-state index in [0.717, 1.165) is 18.1 Å². The molecule has 0 heterocycles. The maximum absolute atomic E-state index is 12.5. The van der Waals surface area contributed by atoms with Gasteiger partial charge in [0.15, 0.2) is 6.10 Å². The van der Waals surface area contributed by atoms with E-state index in [0.29, 0.717) is 5.69 Å². The van der Waals surface area contributed by atoms with Gasteiger partial charge in [0.2, 0.25) is 10.0 Å². The van der Waals surface area contributed by atoms with Gasteiger partial charge in [-0.15, -0.1) is 0 Å². The zero-order valence-corrected chi connectivity index (χ0v) is 18.2. The first kappa shape index (κ1) is 23.4. The van der Waals surface area contributed by atoms with E-state index in [2.05, 4.69) is 19.2 Å². The van der Waals surface area contributed by atoms with Gasteiger partial charge in [-0.2, -0.15) is 0 Å². The largest absolute Gasteiger partial charge is 0.495 e. The molecule has 0 radical (unpaired) electrons. The summed E-state index contributed by atoms with van der Waals surface area (Å²) in [4.78, 5) is 24.6. The van der Waals surface area contributed by atoms with E-state index in [1.165, 1.54) is 26.2 Å². The lowest BCUT2D eigenvalue weighted by atomic mass is 9.97. The third-order valence-corrected chi connectivity index (χ3v) is 5.65. The van der Waals surface area contributed by atoms with Gasteiger partial charge in [-0.05, 0) is 49.1 Å². The maximum Gasteiger partial charge on any atom is 0.338 e. The predicted octanol–water partition coefficient (Wildman–Crippen LogP) is 3.04. The number of anilines is 1. The summed E-state index contributed by atoms with van der Waals surface area (Å²) in [5.74, 6) is -1.11. The molecule has 0 saturated carbocycles. The summed E-state index contributed by atoms with van der Waals surface area (Å²) in [5, 5.41) is 7.95. The molecule has 2 atom stereocenters. The van der Waals surface area contributed by atoms with Crippen LogP contribution in [0.2, 0.25) is 0 Å². The zero-order valence-electron chi connectivity index (χ0n) is 17.3. The van der Waals surface area contributed by atoms with Crippen LogP contribution in [0.5, 0.6) is 5.75 Å². The van der Waals surface area contributed by atoms with Crippen LogP contribution in [0, 0.1) is 0 Å². The number of para-hydroxylation sites is 1. The van der Waals surface area contributed by atoms with Crippen molar-refractivity contribution in [1.82, 2.24) is 0 Å². The summed E-state index contributed by atoms with van der Waals surface area (Å²) in [6.07, 6.45) is -0.205. The van der Waals surface area contributed by atoms with Crippen molar-refractivity contribution < 1.29 is 27.5 Å². The predicted molar refractivity (Wildman–Crippen MR) is 113 cm³/mol. The molecule has 9 heteroatoms. The third-order valence-electron chi connectivity index (χ3n) is 4.72. The molecule has 2 aromatic carbocycles. The fraction of sp³-hybridized carbons (Fsp3) is 0.333. The van der Waals surface area contributed by atoms with E-state index in [1.54, 1.807) is 6.07 Å². The van der Waals surface area contributed by atoms with Crippen molar-refractivity contribution in [2.75, 3.05) is 12.4 Å². The Morgan fingerprint density at radius 1 is 1.13 bits per heavy atom. The molecule has 0 aliphatic carbocycles. The number of methoxy groups -OCH3 is 1. The fourth-order valence-electron chi connectivity index (χ4n) is 2.80. The van der Waals surface area contributed by atoms with Gasteiger partial charge in [0.25, 0.3) is 5.91 Å². The normalized spacial score (nSPS) is 13.2. The van der Waals surface area contributed by atoms with Crippen LogP contribution in [-0.4, -0.2) is 33.5 Å². The maximum atomic E-state index is 12.5. The first-order valence-corrected chi connectivity index (χ1v) is 10.9. The Morgan fingerprint density at radius 2 is 1.80 bits per heavy atom. The van der Waals surface area contributed by atoms with Crippen molar-refractivity contribution in [3.8, 4) is 5.75 Å². The standard InChI is InChI=1S/C21H26N2O6S/c1-5-13(2)16-8-6-7-9-17(16)23-20(24)14(3)29-21(25)15-10-11-18(28-4)19(12-15)30(22,26)27/h6-14H,5H2,1-4H3,(H,23,24)(H2,22,26,27). The number of ether oxygens (including phenoxy) is 2. The lowest BCUT2D eigenvalue weighted by Gasteiger charge is -2.18. The number of benzene rings is 2. The number of esters is 1. The first-order valence-electron chi connectivity index (χ1n) is 9.40. The van der Waals surface area contributed by atoms with Crippen molar-refractivity contribution in [2.45, 2.75) is 44.1 Å².